The van der Waals surface area contributed by atoms with Crippen LogP contribution in [-0.4, -0.2) is 19.7 Å². The highest BCUT2D eigenvalue weighted by atomic mass is 79.9. The van der Waals surface area contributed by atoms with E-state index < -0.39 is 0 Å². The van der Waals surface area contributed by atoms with E-state index in [1.54, 1.807) is 4.57 Å². The molecule has 8 heteroatoms. The number of hydrogen-bond acceptors (Lipinski definition) is 6. The maximum absolute atomic E-state index is 13.5. The molecule has 0 fully saturated rings. The molecular formula is C22H21BrN4O2S. The second kappa shape index (κ2) is 8.73. The van der Waals surface area contributed by atoms with Gasteiger partial charge in [0.15, 0.2) is 11.0 Å². The topological polar surface area (TPSA) is 73.8 Å². The van der Waals surface area contributed by atoms with E-state index >= 15 is 0 Å². The van der Waals surface area contributed by atoms with E-state index in [9.17, 15) is 4.79 Å². The summed E-state index contributed by atoms with van der Waals surface area (Å²) in [7, 11) is 0. The summed E-state index contributed by atoms with van der Waals surface area (Å²) in [6, 6.07) is 15.3. The minimum Gasteiger partial charge on any atom is -0.338 e. The number of halogens is 1. The van der Waals surface area contributed by atoms with Gasteiger partial charge in [0.2, 0.25) is 5.89 Å². The van der Waals surface area contributed by atoms with Crippen LogP contribution in [0.2, 0.25) is 0 Å². The van der Waals surface area contributed by atoms with Crippen LogP contribution in [0.1, 0.15) is 50.0 Å². The molecule has 0 aliphatic heterocycles. The molecule has 6 nitrogen and oxygen atoms in total. The average molecular weight is 485 g/mol. The molecule has 2 aromatic heterocycles. The second-order valence-corrected chi connectivity index (χ2v) is 9.17. The van der Waals surface area contributed by atoms with E-state index in [0.717, 1.165) is 10.0 Å². The van der Waals surface area contributed by atoms with Gasteiger partial charge in [0, 0.05) is 10.4 Å². The normalized spacial score (nSPS) is 12.6. The van der Waals surface area contributed by atoms with Gasteiger partial charge in [-0.3, -0.25) is 9.36 Å². The first-order valence-corrected chi connectivity index (χ1v) is 11.4. The molecule has 30 heavy (non-hydrogen) atoms. The standard InChI is InChI=1S/C22H21BrN4O2S/c1-13(2)20-25-19(29-26-20)12-30-22-24-18-10-9-16(23)11-17(18)21(28)27(22)14(3)15-7-5-4-6-8-15/h4-11,13-14H,12H2,1-3H3. The summed E-state index contributed by atoms with van der Waals surface area (Å²) >= 11 is 4.88. The highest BCUT2D eigenvalue weighted by molar-refractivity contribution is 9.10. The summed E-state index contributed by atoms with van der Waals surface area (Å²) in [5.74, 6) is 1.83. The third-order valence-corrected chi connectivity index (χ3v) is 6.25. The summed E-state index contributed by atoms with van der Waals surface area (Å²) in [4.78, 5) is 22.7. The molecule has 0 aliphatic carbocycles. The Hall–Kier alpha value is -2.45. The molecule has 2 heterocycles. The Morgan fingerprint density at radius 2 is 1.87 bits per heavy atom. The number of fused-ring (bicyclic) bond motifs is 1. The van der Waals surface area contributed by atoms with Crippen LogP contribution in [0, 0.1) is 0 Å². The van der Waals surface area contributed by atoms with Crippen molar-refractivity contribution in [1.29, 1.82) is 0 Å². The Balaban J connectivity index is 1.78. The van der Waals surface area contributed by atoms with Crippen LogP contribution in [0.15, 0.2) is 67.5 Å². The number of hydrogen-bond donors (Lipinski definition) is 0. The van der Waals surface area contributed by atoms with Crippen LogP contribution in [0.5, 0.6) is 0 Å². The lowest BCUT2D eigenvalue weighted by atomic mass is 10.1. The molecule has 4 rings (SSSR count). The Labute approximate surface area is 186 Å². The molecular weight excluding hydrogens is 464 g/mol. The molecule has 4 aromatic rings. The number of thioether (sulfide) groups is 1. The summed E-state index contributed by atoms with van der Waals surface area (Å²) in [5.41, 5.74) is 1.63. The number of rotatable bonds is 6. The van der Waals surface area contributed by atoms with Crippen LogP contribution < -0.4 is 5.56 Å². The van der Waals surface area contributed by atoms with Crippen LogP contribution in [0.4, 0.5) is 0 Å². The zero-order valence-electron chi connectivity index (χ0n) is 16.9. The van der Waals surface area contributed by atoms with E-state index in [1.165, 1.54) is 11.8 Å². The first kappa shape index (κ1) is 20.8. The Kier molecular flexibility index (Phi) is 6.06. The third-order valence-electron chi connectivity index (χ3n) is 4.82. The van der Waals surface area contributed by atoms with E-state index in [1.807, 2.05) is 69.3 Å². The average Bonchev–Trinajstić information content (AvgIpc) is 3.22. The highest BCUT2D eigenvalue weighted by Crippen LogP contribution is 2.28. The van der Waals surface area contributed by atoms with Crippen molar-refractivity contribution < 1.29 is 4.52 Å². The minimum atomic E-state index is -0.175. The van der Waals surface area contributed by atoms with Crippen molar-refractivity contribution in [3.63, 3.8) is 0 Å². The molecule has 0 radical (unpaired) electrons. The van der Waals surface area contributed by atoms with Gasteiger partial charge < -0.3 is 4.52 Å². The smallest absolute Gasteiger partial charge is 0.262 e. The molecule has 0 spiro atoms. The first-order valence-electron chi connectivity index (χ1n) is 9.66. The quantitative estimate of drug-likeness (QED) is 0.263. The van der Waals surface area contributed by atoms with Crippen molar-refractivity contribution in [3.8, 4) is 0 Å². The molecule has 0 N–H and O–H groups in total. The van der Waals surface area contributed by atoms with Gasteiger partial charge in [0.1, 0.15) is 0 Å². The molecule has 1 atom stereocenters. The van der Waals surface area contributed by atoms with Gasteiger partial charge in [-0.25, -0.2) is 4.98 Å². The Morgan fingerprint density at radius 3 is 2.57 bits per heavy atom. The fraction of sp³-hybridized carbons (Fsp3) is 0.273. The summed E-state index contributed by atoms with van der Waals surface area (Å²) in [5, 5.41) is 5.22. The van der Waals surface area contributed by atoms with Crippen LogP contribution in [0.25, 0.3) is 10.9 Å². The van der Waals surface area contributed by atoms with Crippen molar-refractivity contribution >= 4 is 38.6 Å². The number of nitrogens with zero attached hydrogens (tertiary/aromatic N) is 4. The highest BCUT2D eigenvalue weighted by Gasteiger charge is 2.19. The van der Waals surface area contributed by atoms with Crippen molar-refractivity contribution in [1.82, 2.24) is 19.7 Å². The largest absolute Gasteiger partial charge is 0.338 e. The van der Waals surface area contributed by atoms with E-state index in [2.05, 4.69) is 26.1 Å². The van der Waals surface area contributed by atoms with Crippen LogP contribution in [-0.2, 0) is 5.75 Å². The van der Waals surface area contributed by atoms with Gasteiger partial charge in [-0.05, 0) is 30.7 Å². The molecule has 0 saturated heterocycles. The molecule has 0 aliphatic rings. The van der Waals surface area contributed by atoms with Crippen LogP contribution >= 0.6 is 27.7 Å². The van der Waals surface area contributed by atoms with Gasteiger partial charge >= 0.3 is 0 Å². The zero-order chi connectivity index (χ0) is 21.3. The zero-order valence-corrected chi connectivity index (χ0v) is 19.3. The molecule has 0 saturated carbocycles. The SMILES string of the molecule is CC(C)c1noc(CSc2nc3ccc(Br)cc3c(=O)n2C(C)c2ccccc2)n1. The summed E-state index contributed by atoms with van der Waals surface area (Å²) < 4.78 is 7.95. The molecule has 154 valence electrons. The lowest BCUT2D eigenvalue weighted by Crippen LogP contribution is -2.27. The van der Waals surface area contributed by atoms with Crippen molar-refractivity contribution in [2.75, 3.05) is 0 Å². The lowest BCUT2D eigenvalue weighted by molar-refractivity contribution is 0.382. The molecule has 1 unspecified atom stereocenters. The Morgan fingerprint density at radius 1 is 1.10 bits per heavy atom. The van der Waals surface area contributed by atoms with Crippen molar-refractivity contribution in [3.05, 3.63) is 80.6 Å². The van der Waals surface area contributed by atoms with Gasteiger partial charge in [-0.1, -0.05) is 77.0 Å². The first-order chi connectivity index (χ1) is 14.4. The maximum atomic E-state index is 13.5. The predicted molar refractivity (Wildman–Crippen MR) is 122 cm³/mol. The van der Waals surface area contributed by atoms with Crippen LogP contribution in [0.3, 0.4) is 0 Å². The van der Waals surface area contributed by atoms with E-state index in [0.29, 0.717) is 33.5 Å². The summed E-state index contributed by atoms with van der Waals surface area (Å²) in [6.45, 7) is 6.05. The monoisotopic (exact) mass is 484 g/mol. The Bertz CT molecular complexity index is 1240. The fourth-order valence-electron chi connectivity index (χ4n) is 3.16. The number of benzene rings is 2. The molecule has 2 aromatic carbocycles. The maximum Gasteiger partial charge on any atom is 0.262 e. The van der Waals surface area contributed by atoms with Gasteiger partial charge in [-0.2, -0.15) is 4.98 Å². The van der Waals surface area contributed by atoms with Crippen molar-refractivity contribution in [2.24, 2.45) is 0 Å². The van der Waals surface area contributed by atoms with Gasteiger partial charge in [0.25, 0.3) is 5.56 Å². The second-order valence-electron chi connectivity index (χ2n) is 7.31. The van der Waals surface area contributed by atoms with Gasteiger partial charge in [0.05, 0.1) is 22.7 Å². The fourth-order valence-corrected chi connectivity index (χ4v) is 4.44. The van der Waals surface area contributed by atoms with Gasteiger partial charge in [-0.15, -0.1) is 0 Å². The minimum absolute atomic E-state index is 0.0754. The molecule has 0 amide bonds. The van der Waals surface area contributed by atoms with E-state index in [-0.39, 0.29) is 17.5 Å². The third kappa shape index (κ3) is 4.20. The predicted octanol–water partition coefficient (Wildman–Crippen LogP) is 5.57. The van der Waals surface area contributed by atoms with Crippen molar-refractivity contribution in [2.45, 2.75) is 43.6 Å². The molecule has 0 bridgehead atoms. The summed E-state index contributed by atoms with van der Waals surface area (Å²) in [6.07, 6.45) is 0. The van der Waals surface area contributed by atoms with E-state index in [4.69, 9.17) is 9.51 Å². The number of aromatic nitrogens is 4. The lowest BCUT2D eigenvalue weighted by Gasteiger charge is -2.19.